The van der Waals surface area contributed by atoms with Gasteiger partial charge in [-0.05, 0) is 30.9 Å². The topological polar surface area (TPSA) is 102 Å². The van der Waals surface area contributed by atoms with Crippen LogP contribution in [0.3, 0.4) is 0 Å². The number of likely N-dealkylation sites (tertiary alicyclic amines) is 1. The molecule has 1 amide bonds. The van der Waals surface area contributed by atoms with Gasteiger partial charge in [0.25, 0.3) is 5.69 Å². The van der Waals surface area contributed by atoms with Gasteiger partial charge in [0, 0.05) is 37.7 Å². The second-order valence-corrected chi connectivity index (χ2v) is 7.21. The molecule has 8 heteroatoms. The van der Waals surface area contributed by atoms with E-state index in [2.05, 4.69) is 24.1 Å². The highest BCUT2D eigenvalue weighted by molar-refractivity contribution is 5.92. The molecule has 140 valence electrons. The fourth-order valence-corrected chi connectivity index (χ4v) is 3.01. The van der Waals surface area contributed by atoms with E-state index in [0.29, 0.717) is 18.7 Å². The number of benzene rings is 1. The lowest BCUT2D eigenvalue weighted by molar-refractivity contribution is -0.384. The predicted molar refractivity (Wildman–Crippen MR) is 101 cm³/mol. The maximum atomic E-state index is 12.2. The van der Waals surface area contributed by atoms with Crippen LogP contribution in [0.4, 0.5) is 11.4 Å². The first-order valence-corrected chi connectivity index (χ1v) is 8.22. The SMILES string of the molecule is Cc1ccc([N+](=O)[O-])cc1NC(=O)CCN1CCC(N)C(C)(C)C1.Cl. The molecule has 1 aromatic carbocycles. The van der Waals surface area contributed by atoms with Gasteiger partial charge in [0.05, 0.1) is 10.6 Å². The molecule has 0 saturated carbocycles. The van der Waals surface area contributed by atoms with Crippen LogP contribution < -0.4 is 11.1 Å². The number of aryl methyl sites for hydroxylation is 1. The lowest BCUT2D eigenvalue weighted by Crippen LogP contribution is -2.52. The molecule has 25 heavy (non-hydrogen) atoms. The number of non-ortho nitro benzene ring substituents is 1. The Morgan fingerprint density at radius 3 is 2.76 bits per heavy atom. The lowest BCUT2D eigenvalue weighted by atomic mass is 9.79. The first-order valence-electron chi connectivity index (χ1n) is 8.22. The van der Waals surface area contributed by atoms with Crippen LogP contribution in [0, 0.1) is 22.5 Å². The number of anilines is 1. The zero-order valence-electron chi connectivity index (χ0n) is 14.9. The average molecular weight is 371 g/mol. The van der Waals surface area contributed by atoms with Gasteiger partial charge in [-0.15, -0.1) is 12.4 Å². The van der Waals surface area contributed by atoms with E-state index in [0.717, 1.165) is 25.1 Å². The zero-order valence-corrected chi connectivity index (χ0v) is 15.8. The molecule has 1 aliphatic rings. The molecule has 0 radical (unpaired) electrons. The van der Waals surface area contributed by atoms with Crippen LogP contribution in [0.5, 0.6) is 0 Å². The summed E-state index contributed by atoms with van der Waals surface area (Å²) in [6.07, 6.45) is 1.28. The Kier molecular flexibility index (Phi) is 7.34. The zero-order chi connectivity index (χ0) is 17.9. The van der Waals surface area contributed by atoms with E-state index in [1.54, 1.807) is 6.07 Å². The van der Waals surface area contributed by atoms with E-state index in [-0.39, 0.29) is 35.5 Å². The van der Waals surface area contributed by atoms with Gasteiger partial charge < -0.3 is 16.0 Å². The van der Waals surface area contributed by atoms with Gasteiger partial charge in [0.15, 0.2) is 0 Å². The van der Waals surface area contributed by atoms with Crippen molar-refractivity contribution in [1.82, 2.24) is 4.90 Å². The van der Waals surface area contributed by atoms with Crippen molar-refractivity contribution >= 4 is 29.7 Å². The minimum absolute atomic E-state index is 0. The van der Waals surface area contributed by atoms with Gasteiger partial charge >= 0.3 is 0 Å². The minimum Gasteiger partial charge on any atom is -0.327 e. The Morgan fingerprint density at radius 2 is 2.16 bits per heavy atom. The molecule has 1 fully saturated rings. The summed E-state index contributed by atoms with van der Waals surface area (Å²) in [4.78, 5) is 24.8. The minimum atomic E-state index is -0.464. The van der Waals surface area contributed by atoms with Gasteiger partial charge in [-0.2, -0.15) is 0 Å². The highest BCUT2D eigenvalue weighted by Gasteiger charge is 2.33. The van der Waals surface area contributed by atoms with E-state index < -0.39 is 4.92 Å². The van der Waals surface area contributed by atoms with Crippen LogP contribution in [-0.4, -0.2) is 41.4 Å². The smallest absolute Gasteiger partial charge is 0.271 e. The summed E-state index contributed by atoms with van der Waals surface area (Å²) in [7, 11) is 0. The average Bonchev–Trinajstić information content (AvgIpc) is 2.50. The first-order chi connectivity index (χ1) is 11.2. The molecule has 1 aromatic rings. The number of piperidine rings is 1. The van der Waals surface area contributed by atoms with Crippen molar-refractivity contribution in [2.75, 3.05) is 25.0 Å². The molecule has 1 aliphatic heterocycles. The number of hydrogen-bond acceptors (Lipinski definition) is 5. The van der Waals surface area contributed by atoms with Crippen molar-refractivity contribution in [2.24, 2.45) is 11.1 Å². The maximum absolute atomic E-state index is 12.2. The quantitative estimate of drug-likeness (QED) is 0.613. The van der Waals surface area contributed by atoms with E-state index >= 15 is 0 Å². The fraction of sp³-hybridized carbons (Fsp3) is 0.588. The van der Waals surface area contributed by atoms with Gasteiger partial charge in [-0.3, -0.25) is 14.9 Å². The molecule has 1 atom stereocenters. The summed E-state index contributed by atoms with van der Waals surface area (Å²) in [5, 5.41) is 13.6. The standard InChI is InChI=1S/C17H26N4O3.ClH/c1-12-4-5-13(21(23)24)10-14(12)19-16(22)7-9-20-8-6-15(18)17(2,3)11-20;/h4-5,10,15H,6-9,11,18H2,1-3H3,(H,19,22);1H. The number of nitro benzene ring substituents is 1. The molecule has 0 bridgehead atoms. The van der Waals surface area contributed by atoms with Crippen LogP contribution in [0.25, 0.3) is 0 Å². The van der Waals surface area contributed by atoms with Crippen molar-refractivity contribution in [1.29, 1.82) is 0 Å². The number of rotatable bonds is 5. The van der Waals surface area contributed by atoms with E-state index in [1.807, 2.05) is 6.92 Å². The van der Waals surface area contributed by atoms with Crippen molar-refractivity contribution in [3.05, 3.63) is 33.9 Å². The Morgan fingerprint density at radius 1 is 1.48 bits per heavy atom. The Labute approximate surface area is 154 Å². The molecule has 0 spiro atoms. The number of nitrogens with zero attached hydrogens (tertiary/aromatic N) is 2. The summed E-state index contributed by atoms with van der Waals surface area (Å²) in [5.74, 6) is -0.133. The summed E-state index contributed by atoms with van der Waals surface area (Å²) >= 11 is 0. The molecule has 1 saturated heterocycles. The fourth-order valence-electron chi connectivity index (χ4n) is 3.01. The number of amides is 1. The number of hydrogen-bond donors (Lipinski definition) is 2. The molecule has 7 nitrogen and oxygen atoms in total. The summed E-state index contributed by atoms with van der Waals surface area (Å²) < 4.78 is 0. The van der Waals surface area contributed by atoms with Gasteiger partial charge in [0.2, 0.25) is 5.91 Å². The predicted octanol–water partition coefficient (Wildman–Crippen LogP) is 2.71. The molecule has 1 heterocycles. The summed E-state index contributed by atoms with van der Waals surface area (Å²) in [6, 6.07) is 4.66. The lowest BCUT2D eigenvalue weighted by Gasteiger charge is -2.42. The van der Waals surface area contributed by atoms with Gasteiger partial charge in [-0.1, -0.05) is 19.9 Å². The molecular weight excluding hydrogens is 344 g/mol. The number of halogens is 1. The highest BCUT2D eigenvalue weighted by Crippen LogP contribution is 2.27. The number of nitro groups is 1. The highest BCUT2D eigenvalue weighted by atomic mass is 35.5. The Balaban J connectivity index is 0.00000312. The van der Waals surface area contributed by atoms with Crippen molar-refractivity contribution in [2.45, 2.75) is 39.7 Å². The van der Waals surface area contributed by atoms with Crippen LogP contribution in [0.15, 0.2) is 18.2 Å². The number of carbonyl (C=O) groups excluding carboxylic acids is 1. The van der Waals surface area contributed by atoms with Crippen molar-refractivity contribution in [3.8, 4) is 0 Å². The van der Waals surface area contributed by atoms with E-state index in [9.17, 15) is 14.9 Å². The molecule has 0 aromatic heterocycles. The number of nitrogens with one attached hydrogen (secondary N) is 1. The first kappa shape index (κ1) is 21.3. The third-order valence-corrected chi connectivity index (χ3v) is 4.75. The molecular formula is C17H27ClN4O3. The van der Waals surface area contributed by atoms with Crippen LogP contribution in [-0.2, 0) is 4.79 Å². The molecule has 1 unspecified atom stereocenters. The van der Waals surface area contributed by atoms with Crippen LogP contribution in [0.2, 0.25) is 0 Å². The monoisotopic (exact) mass is 370 g/mol. The molecule has 3 N–H and O–H groups in total. The van der Waals surface area contributed by atoms with Crippen molar-refractivity contribution in [3.63, 3.8) is 0 Å². The molecule has 2 rings (SSSR count). The van der Waals surface area contributed by atoms with Gasteiger partial charge in [-0.25, -0.2) is 0 Å². The summed E-state index contributed by atoms with van der Waals surface area (Å²) in [6.45, 7) is 8.54. The molecule has 0 aliphatic carbocycles. The third-order valence-electron chi connectivity index (χ3n) is 4.75. The Bertz CT molecular complexity index is 636. The van der Waals surface area contributed by atoms with Gasteiger partial charge in [0.1, 0.15) is 0 Å². The normalized spacial score (nSPS) is 19.8. The van der Waals surface area contributed by atoms with Crippen LogP contribution >= 0.6 is 12.4 Å². The second kappa shape index (κ2) is 8.60. The maximum Gasteiger partial charge on any atom is 0.271 e. The van der Waals surface area contributed by atoms with Crippen molar-refractivity contribution < 1.29 is 9.72 Å². The number of nitrogens with two attached hydrogens (primary N) is 1. The van der Waals surface area contributed by atoms with E-state index in [4.69, 9.17) is 5.73 Å². The second-order valence-electron chi connectivity index (χ2n) is 7.21. The summed E-state index contributed by atoms with van der Waals surface area (Å²) in [5.41, 5.74) is 7.45. The van der Waals surface area contributed by atoms with E-state index in [1.165, 1.54) is 12.1 Å². The largest absolute Gasteiger partial charge is 0.327 e. The number of carbonyl (C=O) groups is 1. The third kappa shape index (κ3) is 5.66. The van der Waals surface area contributed by atoms with Crippen LogP contribution in [0.1, 0.15) is 32.3 Å². The Hall–Kier alpha value is -1.70.